The van der Waals surface area contributed by atoms with Gasteiger partial charge in [0, 0.05) is 19.2 Å². The van der Waals surface area contributed by atoms with Crippen LogP contribution in [0.2, 0.25) is 0 Å². The molecular formula is C16H19NO. The number of carbonyl (C=O) groups excluding carboxylic acids is 1. The Morgan fingerprint density at radius 1 is 1.11 bits per heavy atom. The Labute approximate surface area is 108 Å². The summed E-state index contributed by atoms with van der Waals surface area (Å²) in [6.07, 6.45) is 0. The minimum absolute atomic E-state index is 0.123. The molecule has 18 heavy (non-hydrogen) atoms. The minimum Gasteiger partial charge on any atom is -0.338 e. The lowest BCUT2D eigenvalue weighted by Gasteiger charge is -2.14. The van der Waals surface area contributed by atoms with Crippen molar-refractivity contribution < 1.29 is 4.79 Å². The Hall–Kier alpha value is -1.83. The molecule has 0 radical (unpaired) electrons. The van der Waals surface area contributed by atoms with E-state index in [9.17, 15) is 4.79 Å². The first kappa shape index (κ1) is 12.6. The molecule has 2 nitrogen and oxygen atoms in total. The van der Waals surface area contributed by atoms with E-state index in [0.717, 1.165) is 12.2 Å². The van der Waals surface area contributed by atoms with E-state index >= 15 is 0 Å². The van der Waals surface area contributed by atoms with Gasteiger partial charge in [-0.05, 0) is 23.6 Å². The minimum atomic E-state index is 0.123. The van der Waals surface area contributed by atoms with Gasteiger partial charge in [0.25, 0.3) is 0 Å². The molecule has 2 aromatic rings. The van der Waals surface area contributed by atoms with Crippen molar-refractivity contribution >= 4 is 5.78 Å². The summed E-state index contributed by atoms with van der Waals surface area (Å²) in [7, 11) is 0. The SMILES string of the molecule is CC(=O)c1ccc(C(C)C)n1Cc1ccccc1. The number of carbonyl (C=O) groups is 1. The van der Waals surface area contributed by atoms with Crippen molar-refractivity contribution in [2.24, 2.45) is 0 Å². The first-order chi connectivity index (χ1) is 8.59. The molecule has 0 aliphatic carbocycles. The van der Waals surface area contributed by atoms with Crippen molar-refractivity contribution in [1.29, 1.82) is 0 Å². The molecule has 0 saturated heterocycles. The summed E-state index contributed by atoms with van der Waals surface area (Å²) < 4.78 is 2.13. The van der Waals surface area contributed by atoms with E-state index in [4.69, 9.17) is 0 Å². The Morgan fingerprint density at radius 3 is 2.33 bits per heavy atom. The fraction of sp³-hybridized carbons (Fsp3) is 0.312. The molecule has 94 valence electrons. The number of nitrogens with zero attached hydrogens (tertiary/aromatic N) is 1. The van der Waals surface area contributed by atoms with Crippen LogP contribution in [0.5, 0.6) is 0 Å². The molecule has 1 heterocycles. The second-order valence-corrected chi connectivity index (χ2v) is 4.93. The van der Waals surface area contributed by atoms with Gasteiger partial charge >= 0.3 is 0 Å². The maximum Gasteiger partial charge on any atom is 0.176 e. The molecule has 0 bridgehead atoms. The molecule has 0 spiro atoms. The monoisotopic (exact) mass is 241 g/mol. The summed E-state index contributed by atoms with van der Waals surface area (Å²) in [6.45, 7) is 6.69. The van der Waals surface area contributed by atoms with Crippen molar-refractivity contribution in [3.63, 3.8) is 0 Å². The lowest BCUT2D eigenvalue weighted by Crippen LogP contribution is -2.11. The third-order valence-electron chi connectivity index (χ3n) is 3.15. The summed E-state index contributed by atoms with van der Waals surface area (Å²) >= 11 is 0. The highest BCUT2D eigenvalue weighted by molar-refractivity contribution is 5.92. The predicted molar refractivity (Wildman–Crippen MR) is 74.1 cm³/mol. The standard InChI is InChI=1S/C16H19NO/c1-12(2)15-9-10-16(13(3)18)17(15)11-14-7-5-4-6-8-14/h4-10,12H,11H2,1-3H3. The van der Waals surface area contributed by atoms with Crippen LogP contribution < -0.4 is 0 Å². The number of hydrogen-bond acceptors (Lipinski definition) is 1. The van der Waals surface area contributed by atoms with E-state index in [1.165, 1.54) is 11.3 Å². The maximum absolute atomic E-state index is 11.7. The molecule has 1 aromatic carbocycles. The molecule has 0 aliphatic rings. The zero-order chi connectivity index (χ0) is 13.1. The molecule has 0 amide bonds. The summed E-state index contributed by atoms with van der Waals surface area (Å²) in [5.41, 5.74) is 3.23. The van der Waals surface area contributed by atoms with Gasteiger partial charge in [-0.2, -0.15) is 0 Å². The average Bonchev–Trinajstić information content (AvgIpc) is 2.74. The van der Waals surface area contributed by atoms with Crippen LogP contribution in [0.25, 0.3) is 0 Å². The number of aromatic nitrogens is 1. The van der Waals surface area contributed by atoms with Crippen LogP contribution in [0.3, 0.4) is 0 Å². The highest BCUT2D eigenvalue weighted by Crippen LogP contribution is 2.20. The van der Waals surface area contributed by atoms with E-state index in [2.05, 4.69) is 36.6 Å². The molecule has 0 N–H and O–H groups in total. The number of ketones is 1. The third-order valence-corrected chi connectivity index (χ3v) is 3.15. The van der Waals surface area contributed by atoms with E-state index in [1.54, 1.807) is 6.92 Å². The fourth-order valence-corrected chi connectivity index (χ4v) is 2.24. The van der Waals surface area contributed by atoms with Crippen LogP contribution in [-0.2, 0) is 6.54 Å². The van der Waals surface area contributed by atoms with Crippen LogP contribution in [0.4, 0.5) is 0 Å². The molecular weight excluding hydrogens is 222 g/mol. The molecule has 0 saturated carbocycles. The summed E-state index contributed by atoms with van der Waals surface area (Å²) in [4.78, 5) is 11.7. The van der Waals surface area contributed by atoms with E-state index in [0.29, 0.717) is 5.92 Å². The van der Waals surface area contributed by atoms with Crippen LogP contribution in [-0.4, -0.2) is 10.4 Å². The summed E-state index contributed by atoms with van der Waals surface area (Å²) in [5, 5.41) is 0. The lowest BCUT2D eigenvalue weighted by molar-refractivity contribution is 0.100. The molecule has 2 rings (SSSR count). The predicted octanol–water partition coefficient (Wildman–Crippen LogP) is 3.86. The van der Waals surface area contributed by atoms with Crippen LogP contribution in [0, 0.1) is 0 Å². The smallest absolute Gasteiger partial charge is 0.176 e. The third kappa shape index (κ3) is 2.53. The largest absolute Gasteiger partial charge is 0.338 e. The van der Waals surface area contributed by atoms with Crippen LogP contribution in [0.15, 0.2) is 42.5 Å². The van der Waals surface area contributed by atoms with Gasteiger partial charge in [-0.1, -0.05) is 44.2 Å². The topological polar surface area (TPSA) is 22.0 Å². The quantitative estimate of drug-likeness (QED) is 0.745. The summed E-state index contributed by atoms with van der Waals surface area (Å²) in [6, 6.07) is 14.2. The van der Waals surface area contributed by atoms with Gasteiger partial charge in [0.2, 0.25) is 0 Å². The number of benzene rings is 1. The van der Waals surface area contributed by atoms with Gasteiger partial charge < -0.3 is 4.57 Å². The molecule has 0 atom stereocenters. The molecule has 0 aliphatic heterocycles. The van der Waals surface area contributed by atoms with E-state index in [-0.39, 0.29) is 5.78 Å². The van der Waals surface area contributed by atoms with Gasteiger partial charge in [0.05, 0.1) is 5.69 Å². The van der Waals surface area contributed by atoms with E-state index in [1.807, 2.05) is 24.3 Å². The van der Waals surface area contributed by atoms with E-state index < -0.39 is 0 Å². The first-order valence-corrected chi connectivity index (χ1v) is 6.34. The normalized spacial score (nSPS) is 10.9. The second-order valence-electron chi connectivity index (χ2n) is 4.93. The molecule has 0 fully saturated rings. The zero-order valence-corrected chi connectivity index (χ0v) is 11.2. The van der Waals surface area contributed by atoms with Crippen LogP contribution >= 0.6 is 0 Å². The van der Waals surface area contributed by atoms with Crippen molar-refractivity contribution in [1.82, 2.24) is 4.57 Å². The van der Waals surface area contributed by atoms with Gasteiger partial charge in [-0.3, -0.25) is 4.79 Å². The van der Waals surface area contributed by atoms with Gasteiger partial charge in [0.15, 0.2) is 5.78 Å². The second kappa shape index (κ2) is 5.21. The van der Waals surface area contributed by atoms with Crippen LogP contribution in [0.1, 0.15) is 48.4 Å². The zero-order valence-electron chi connectivity index (χ0n) is 11.2. The average molecular weight is 241 g/mol. The highest BCUT2D eigenvalue weighted by atomic mass is 16.1. The molecule has 2 heteroatoms. The Kier molecular flexibility index (Phi) is 3.66. The highest BCUT2D eigenvalue weighted by Gasteiger charge is 2.13. The fourth-order valence-electron chi connectivity index (χ4n) is 2.24. The summed E-state index contributed by atoms with van der Waals surface area (Å²) in [5.74, 6) is 0.541. The Balaban J connectivity index is 2.41. The number of Topliss-reactive ketones (excluding diaryl/α,β-unsaturated/α-hetero) is 1. The van der Waals surface area contributed by atoms with Crippen molar-refractivity contribution in [2.45, 2.75) is 33.2 Å². The lowest BCUT2D eigenvalue weighted by atomic mass is 10.1. The van der Waals surface area contributed by atoms with Gasteiger partial charge in [-0.25, -0.2) is 0 Å². The molecule has 1 aromatic heterocycles. The Morgan fingerprint density at radius 2 is 1.78 bits per heavy atom. The number of rotatable bonds is 4. The van der Waals surface area contributed by atoms with Crippen molar-refractivity contribution in [2.75, 3.05) is 0 Å². The maximum atomic E-state index is 11.7. The van der Waals surface area contributed by atoms with Crippen molar-refractivity contribution in [3.8, 4) is 0 Å². The van der Waals surface area contributed by atoms with Gasteiger partial charge in [-0.15, -0.1) is 0 Å². The van der Waals surface area contributed by atoms with Crippen molar-refractivity contribution in [3.05, 3.63) is 59.4 Å². The molecule has 0 unspecified atom stereocenters. The van der Waals surface area contributed by atoms with Gasteiger partial charge in [0.1, 0.15) is 0 Å². The number of hydrogen-bond donors (Lipinski definition) is 0. The Bertz CT molecular complexity index is 537. The first-order valence-electron chi connectivity index (χ1n) is 6.34.